The summed E-state index contributed by atoms with van der Waals surface area (Å²) in [4.78, 5) is 14.3. The third-order valence-corrected chi connectivity index (χ3v) is 5.33. The number of likely N-dealkylation sites (N-methyl/N-ethyl adjacent to an activating group) is 1. The molecule has 1 aliphatic rings. The Balaban J connectivity index is 2.36. The molecule has 5 heteroatoms. The molecule has 2 unspecified atom stereocenters. The van der Waals surface area contributed by atoms with Gasteiger partial charge in [-0.15, -0.1) is 0 Å². The molecule has 1 aliphatic heterocycles. The quantitative estimate of drug-likeness (QED) is 0.714. The van der Waals surface area contributed by atoms with Crippen LogP contribution in [-0.2, 0) is 4.79 Å². The van der Waals surface area contributed by atoms with Gasteiger partial charge < -0.3 is 15.5 Å². The second-order valence-electron chi connectivity index (χ2n) is 5.84. The van der Waals surface area contributed by atoms with E-state index >= 15 is 0 Å². The van der Waals surface area contributed by atoms with Crippen LogP contribution in [0.4, 0.5) is 0 Å². The van der Waals surface area contributed by atoms with Gasteiger partial charge in [0.15, 0.2) is 0 Å². The number of amides is 1. The van der Waals surface area contributed by atoms with Crippen LogP contribution in [0.25, 0.3) is 0 Å². The molecule has 0 aliphatic carbocycles. The summed E-state index contributed by atoms with van der Waals surface area (Å²) in [6.07, 6.45) is 2.93. The number of rotatable bonds is 8. The summed E-state index contributed by atoms with van der Waals surface area (Å²) >= 11 is 1.94. The minimum atomic E-state index is 0.183. The van der Waals surface area contributed by atoms with Crippen molar-refractivity contribution in [2.75, 3.05) is 38.7 Å². The number of nitrogens with zero attached hydrogens (tertiary/aromatic N) is 1. The lowest BCUT2D eigenvalue weighted by atomic mass is 9.93. The highest BCUT2D eigenvalue weighted by Gasteiger charge is 2.22. The number of thioether (sulfide) groups is 1. The molecule has 0 aromatic heterocycles. The molecule has 0 aromatic carbocycles. The number of nitrogens with one attached hydrogen (secondary N) is 2. The topological polar surface area (TPSA) is 44.4 Å². The number of hydrogen-bond donors (Lipinski definition) is 2. The van der Waals surface area contributed by atoms with E-state index in [-0.39, 0.29) is 5.91 Å². The summed E-state index contributed by atoms with van der Waals surface area (Å²) in [6.45, 7) is 6.25. The molecule has 1 heterocycles. The standard InChI is InChI=1S/C15H31N3OS/c1-5-12(6-2)14(18(3)4)10-17-15(19)9-13-11-20-8-7-16-13/h12-14,16H,5-11H2,1-4H3,(H,17,19). The minimum absolute atomic E-state index is 0.183. The zero-order chi connectivity index (χ0) is 15.0. The first kappa shape index (κ1) is 17.8. The van der Waals surface area contributed by atoms with Gasteiger partial charge in [0.25, 0.3) is 0 Å². The highest BCUT2D eigenvalue weighted by Crippen LogP contribution is 2.16. The van der Waals surface area contributed by atoms with Gasteiger partial charge in [0.2, 0.25) is 5.91 Å². The van der Waals surface area contributed by atoms with Crippen molar-refractivity contribution in [2.45, 2.75) is 45.2 Å². The van der Waals surface area contributed by atoms with Crippen LogP contribution in [0.2, 0.25) is 0 Å². The second kappa shape index (κ2) is 9.64. The van der Waals surface area contributed by atoms with E-state index in [9.17, 15) is 4.79 Å². The van der Waals surface area contributed by atoms with Gasteiger partial charge in [-0.1, -0.05) is 26.7 Å². The second-order valence-corrected chi connectivity index (χ2v) is 6.99. The Morgan fingerprint density at radius 2 is 2.10 bits per heavy atom. The van der Waals surface area contributed by atoms with Crippen LogP contribution in [0.5, 0.6) is 0 Å². The highest BCUT2D eigenvalue weighted by atomic mass is 32.2. The zero-order valence-corrected chi connectivity index (χ0v) is 14.3. The van der Waals surface area contributed by atoms with E-state index in [1.807, 2.05) is 11.8 Å². The van der Waals surface area contributed by atoms with E-state index in [2.05, 4.69) is 43.5 Å². The Kier molecular flexibility index (Phi) is 8.57. The van der Waals surface area contributed by atoms with Crippen molar-refractivity contribution in [3.8, 4) is 0 Å². The molecule has 1 fully saturated rings. The summed E-state index contributed by atoms with van der Waals surface area (Å²) in [5.41, 5.74) is 0. The Bertz CT molecular complexity index is 276. The zero-order valence-electron chi connectivity index (χ0n) is 13.4. The average molecular weight is 302 g/mol. The number of carbonyl (C=O) groups is 1. The summed E-state index contributed by atoms with van der Waals surface area (Å²) in [6, 6.07) is 0.780. The first-order valence-corrected chi connectivity index (χ1v) is 8.98. The summed E-state index contributed by atoms with van der Waals surface area (Å²) in [5, 5.41) is 6.54. The maximum Gasteiger partial charge on any atom is 0.221 e. The number of hydrogen-bond acceptors (Lipinski definition) is 4. The molecule has 1 rings (SSSR count). The lowest BCUT2D eigenvalue weighted by Crippen LogP contribution is -2.46. The molecule has 4 nitrogen and oxygen atoms in total. The molecule has 0 saturated carbocycles. The van der Waals surface area contributed by atoms with Crippen LogP contribution in [0.1, 0.15) is 33.1 Å². The molecule has 0 radical (unpaired) electrons. The Labute approximate surface area is 128 Å². The van der Waals surface area contributed by atoms with E-state index in [1.165, 1.54) is 0 Å². The Hall–Kier alpha value is -0.260. The first-order valence-electron chi connectivity index (χ1n) is 7.82. The fraction of sp³-hybridized carbons (Fsp3) is 0.933. The van der Waals surface area contributed by atoms with E-state index in [1.54, 1.807) is 0 Å². The van der Waals surface area contributed by atoms with E-state index in [4.69, 9.17) is 0 Å². The number of carbonyl (C=O) groups excluding carboxylic acids is 1. The first-order chi connectivity index (χ1) is 9.58. The average Bonchev–Trinajstić information content (AvgIpc) is 2.44. The van der Waals surface area contributed by atoms with Gasteiger partial charge in [-0.2, -0.15) is 11.8 Å². The molecular weight excluding hydrogens is 270 g/mol. The molecule has 0 aromatic rings. The van der Waals surface area contributed by atoms with Crippen LogP contribution < -0.4 is 10.6 Å². The van der Waals surface area contributed by atoms with Gasteiger partial charge in [0, 0.05) is 43.1 Å². The SMILES string of the molecule is CCC(CC)C(CNC(=O)CC1CSCCN1)N(C)C. The molecule has 0 spiro atoms. The highest BCUT2D eigenvalue weighted by molar-refractivity contribution is 7.99. The fourth-order valence-corrected chi connectivity index (χ4v) is 3.82. The van der Waals surface area contributed by atoms with Crippen molar-refractivity contribution in [3.05, 3.63) is 0 Å². The van der Waals surface area contributed by atoms with Crippen molar-refractivity contribution < 1.29 is 4.79 Å². The van der Waals surface area contributed by atoms with Crippen LogP contribution in [0, 0.1) is 5.92 Å². The Morgan fingerprint density at radius 1 is 1.40 bits per heavy atom. The van der Waals surface area contributed by atoms with Gasteiger partial charge in [-0.3, -0.25) is 4.79 Å². The van der Waals surface area contributed by atoms with Gasteiger partial charge in [-0.05, 0) is 20.0 Å². The molecule has 0 bridgehead atoms. The minimum Gasteiger partial charge on any atom is -0.354 e. The van der Waals surface area contributed by atoms with Crippen LogP contribution in [-0.4, -0.2) is 61.6 Å². The maximum atomic E-state index is 12.1. The van der Waals surface area contributed by atoms with Gasteiger partial charge in [0.1, 0.15) is 0 Å². The van der Waals surface area contributed by atoms with E-state index < -0.39 is 0 Å². The predicted molar refractivity (Wildman–Crippen MR) is 88.3 cm³/mol. The van der Waals surface area contributed by atoms with Crippen molar-refractivity contribution in [1.29, 1.82) is 0 Å². The van der Waals surface area contributed by atoms with Crippen LogP contribution >= 0.6 is 11.8 Å². The molecule has 2 atom stereocenters. The fourth-order valence-electron chi connectivity index (χ4n) is 2.87. The molecule has 1 amide bonds. The molecule has 1 saturated heterocycles. The third kappa shape index (κ3) is 6.02. The van der Waals surface area contributed by atoms with Gasteiger partial charge >= 0.3 is 0 Å². The van der Waals surface area contributed by atoms with Gasteiger partial charge in [0.05, 0.1) is 0 Å². The summed E-state index contributed by atoms with van der Waals surface area (Å²) < 4.78 is 0. The summed E-state index contributed by atoms with van der Waals surface area (Å²) in [7, 11) is 4.21. The predicted octanol–water partition coefficient (Wildman–Crippen LogP) is 1.56. The van der Waals surface area contributed by atoms with Crippen molar-refractivity contribution >= 4 is 17.7 Å². The van der Waals surface area contributed by atoms with Crippen LogP contribution in [0.3, 0.4) is 0 Å². The molecule has 118 valence electrons. The van der Waals surface area contributed by atoms with Crippen LogP contribution in [0.15, 0.2) is 0 Å². The molecular formula is C15H31N3OS. The molecule has 20 heavy (non-hydrogen) atoms. The third-order valence-electron chi connectivity index (χ3n) is 4.19. The van der Waals surface area contributed by atoms with E-state index in [0.717, 1.165) is 37.4 Å². The monoisotopic (exact) mass is 301 g/mol. The van der Waals surface area contributed by atoms with Gasteiger partial charge in [-0.25, -0.2) is 0 Å². The normalized spacial score (nSPS) is 21.2. The summed E-state index contributed by atoms with van der Waals surface area (Å²) in [5.74, 6) is 3.04. The molecule has 2 N–H and O–H groups in total. The Morgan fingerprint density at radius 3 is 2.60 bits per heavy atom. The smallest absolute Gasteiger partial charge is 0.221 e. The largest absolute Gasteiger partial charge is 0.354 e. The lowest BCUT2D eigenvalue weighted by Gasteiger charge is -2.31. The maximum absolute atomic E-state index is 12.1. The van der Waals surface area contributed by atoms with Crippen molar-refractivity contribution in [3.63, 3.8) is 0 Å². The van der Waals surface area contributed by atoms with E-state index in [0.29, 0.717) is 24.4 Å². The van der Waals surface area contributed by atoms with Crippen molar-refractivity contribution in [2.24, 2.45) is 5.92 Å². The lowest BCUT2D eigenvalue weighted by molar-refractivity contribution is -0.121. The van der Waals surface area contributed by atoms with Crippen molar-refractivity contribution in [1.82, 2.24) is 15.5 Å².